The van der Waals surface area contributed by atoms with Gasteiger partial charge in [-0.3, -0.25) is 9.78 Å². The van der Waals surface area contributed by atoms with Crippen LogP contribution in [0.2, 0.25) is 0 Å². The number of ether oxygens (including phenoxy) is 3. The summed E-state index contributed by atoms with van der Waals surface area (Å²) in [5.41, 5.74) is 3.24. The number of carbonyl (C=O) groups excluding carboxylic acids is 2. The van der Waals surface area contributed by atoms with Crippen LogP contribution in [0.4, 0.5) is 5.69 Å². The molecule has 1 atom stereocenters. The van der Waals surface area contributed by atoms with E-state index in [1.807, 2.05) is 38.1 Å². The lowest BCUT2D eigenvalue weighted by Crippen LogP contribution is -2.30. The van der Waals surface area contributed by atoms with Crippen molar-refractivity contribution in [3.63, 3.8) is 0 Å². The zero-order valence-corrected chi connectivity index (χ0v) is 17.7. The van der Waals surface area contributed by atoms with E-state index in [2.05, 4.69) is 10.3 Å². The molecule has 1 aromatic heterocycles. The summed E-state index contributed by atoms with van der Waals surface area (Å²) in [4.78, 5) is 30.2. The van der Waals surface area contributed by atoms with E-state index in [1.54, 1.807) is 25.1 Å². The lowest BCUT2D eigenvalue weighted by atomic mass is 10.0. The molecule has 1 aliphatic heterocycles. The molecule has 3 aromatic rings. The van der Waals surface area contributed by atoms with E-state index in [0.29, 0.717) is 48.1 Å². The number of pyridine rings is 1. The van der Waals surface area contributed by atoms with E-state index in [-0.39, 0.29) is 0 Å². The molecule has 160 valence electrons. The minimum absolute atomic E-state index is 0.417. The summed E-state index contributed by atoms with van der Waals surface area (Å²) in [6.45, 7) is 6.30. The Hall–Kier alpha value is -3.61. The Kier molecular flexibility index (Phi) is 5.75. The molecule has 0 spiro atoms. The number of hydrogen-bond acceptors (Lipinski definition) is 6. The van der Waals surface area contributed by atoms with E-state index < -0.39 is 18.0 Å². The second-order valence-corrected chi connectivity index (χ2v) is 7.32. The summed E-state index contributed by atoms with van der Waals surface area (Å²) in [6, 6.07) is 12.8. The molecule has 31 heavy (non-hydrogen) atoms. The van der Waals surface area contributed by atoms with Gasteiger partial charge in [0.25, 0.3) is 5.91 Å². The van der Waals surface area contributed by atoms with Crippen molar-refractivity contribution in [3.8, 4) is 11.5 Å². The van der Waals surface area contributed by atoms with Crippen molar-refractivity contribution in [1.82, 2.24) is 4.98 Å². The SMILES string of the molecule is CCc1nc2ccccc2c(C)c1C(=O)OC(C)C(=O)Nc1ccc2c(c1)OCCO2. The number of benzene rings is 2. The maximum Gasteiger partial charge on any atom is 0.341 e. The van der Waals surface area contributed by atoms with Crippen LogP contribution in [0.3, 0.4) is 0 Å². The van der Waals surface area contributed by atoms with Crippen LogP contribution < -0.4 is 14.8 Å². The maximum atomic E-state index is 13.0. The number of aryl methyl sites for hydroxylation is 2. The molecule has 1 aliphatic rings. The Labute approximate surface area is 180 Å². The van der Waals surface area contributed by atoms with Gasteiger partial charge in [-0.15, -0.1) is 0 Å². The van der Waals surface area contributed by atoms with Gasteiger partial charge in [-0.2, -0.15) is 0 Å². The Morgan fingerprint density at radius 3 is 2.65 bits per heavy atom. The van der Waals surface area contributed by atoms with Crippen LogP contribution in [0.5, 0.6) is 11.5 Å². The van der Waals surface area contributed by atoms with Crippen molar-refractivity contribution in [2.24, 2.45) is 0 Å². The molecule has 7 nitrogen and oxygen atoms in total. The molecule has 0 aliphatic carbocycles. The molecule has 0 saturated heterocycles. The third-order valence-electron chi connectivity index (χ3n) is 5.23. The number of anilines is 1. The smallest absolute Gasteiger partial charge is 0.341 e. The van der Waals surface area contributed by atoms with Crippen molar-refractivity contribution < 1.29 is 23.8 Å². The summed E-state index contributed by atoms with van der Waals surface area (Å²) < 4.78 is 16.5. The number of nitrogens with zero attached hydrogens (tertiary/aromatic N) is 1. The Bertz CT molecular complexity index is 1160. The molecule has 1 unspecified atom stereocenters. The zero-order valence-electron chi connectivity index (χ0n) is 17.7. The summed E-state index contributed by atoms with van der Waals surface area (Å²) in [5, 5.41) is 3.64. The number of amides is 1. The Balaban J connectivity index is 1.51. The zero-order chi connectivity index (χ0) is 22.0. The third-order valence-corrected chi connectivity index (χ3v) is 5.23. The number of nitrogens with one attached hydrogen (secondary N) is 1. The minimum atomic E-state index is -0.990. The van der Waals surface area contributed by atoms with Gasteiger partial charge in [0.15, 0.2) is 17.6 Å². The third kappa shape index (κ3) is 4.17. The molecule has 1 amide bonds. The van der Waals surface area contributed by atoms with Crippen molar-refractivity contribution in [1.29, 1.82) is 0 Å². The highest BCUT2D eigenvalue weighted by atomic mass is 16.6. The fourth-order valence-corrected chi connectivity index (χ4v) is 3.61. The molecule has 1 N–H and O–H groups in total. The Morgan fingerprint density at radius 1 is 1.13 bits per heavy atom. The molecule has 0 fully saturated rings. The molecule has 7 heteroatoms. The number of hydrogen-bond donors (Lipinski definition) is 1. The lowest BCUT2D eigenvalue weighted by Gasteiger charge is -2.20. The molecule has 0 radical (unpaired) electrons. The number of para-hydroxylation sites is 1. The van der Waals surface area contributed by atoms with Crippen LogP contribution in [0.25, 0.3) is 10.9 Å². The van der Waals surface area contributed by atoms with Crippen molar-refractivity contribution in [2.45, 2.75) is 33.3 Å². The lowest BCUT2D eigenvalue weighted by molar-refractivity contribution is -0.123. The Morgan fingerprint density at radius 2 is 1.87 bits per heavy atom. The van der Waals surface area contributed by atoms with E-state index in [9.17, 15) is 9.59 Å². The first-order chi connectivity index (χ1) is 15.0. The highest BCUT2D eigenvalue weighted by Crippen LogP contribution is 2.32. The molecular formula is C24H24N2O5. The second kappa shape index (κ2) is 8.63. The van der Waals surface area contributed by atoms with Crippen LogP contribution in [-0.2, 0) is 16.0 Å². The van der Waals surface area contributed by atoms with Gasteiger partial charge in [-0.25, -0.2) is 4.79 Å². The van der Waals surface area contributed by atoms with Gasteiger partial charge >= 0.3 is 5.97 Å². The fourth-order valence-electron chi connectivity index (χ4n) is 3.61. The average Bonchev–Trinajstić information content (AvgIpc) is 2.78. The highest BCUT2D eigenvalue weighted by molar-refractivity contribution is 6.01. The number of aromatic nitrogens is 1. The summed E-state index contributed by atoms with van der Waals surface area (Å²) in [7, 11) is 0. The molecule has 0 saturated carbocycles. The summed E-state index contributed by atoms with van der Waals surface area (Å²) in [5.74, 6) is 0.209. The van der Waals surface area contributed by atoms with E-state index in [1.165, 1.54) is 0 Å². The molecule has 0 bridgehead atoms. The van der Waals surface area contributed by atoms with Gasteiger partial charge in [-0.1, -0.05) is 25.1 Å². The predicted octanol–water partition coefficient (Wildman–Crippen LogP) is 4.06. The quantitative estimate of drug-likeness (QED) is 0.627. The number of fused-ring (bicyclic) bond motifs is 2. The van der Waals surface area contributed by atoms with Gasteiger partial charge in [0.05, 0.1) is 16.8 Å². The minimum Gasteiger partial charge on any atom is -0.486 e. The average molecular weight is 420 g/mol. The van der Waals surface area contributed by atoms with E-state index >= 15 is 0 Å². The largest absolute Gasteiger partial charge is 0.486 e. The van der Waals surface area contributed by atoms with Crippen LogP contribution in [-0.4, -0.2) is 36.2 Å². The van der Waals surface area contributed by atoms with Gasteiger partial charge in [-0.05, 0) is 44.0 Å². The standard InChI is InChI=1S/C24H24N2O5/c1-4-18-22(14(2)17-7-5-6-8-19(17)26-18)24(28)31-15(3)23(27)25-16-9-10-20-21(13-16)30-12-11-29-20/h5-10,13,15H,4,11-12H2,1-3H3,(H,25,27). The van der Waals surface area contributed by atoms with Gasteiger partial charge < -0.3 is 19.5 Å². The molecular weight excluding hydrogens is 396 g/mol. The fraction of sp³-hybridized carbons (Fsp3) is 0.292. The van der Waals surface area contributed by atoms with Crippen LogP contribution in [0.15, 0.2) is 42.5 Å². The van der Waals surface area contributed by atoms with Crippen LogP contribution in [0.1, 0.15) is 35.5 Å². The monoisotopic (exact) mass is 420 g/mol. The van der Waals surface area contributed by atoms with Crippen molar-refractivity contribution in [2.75, 3.05) is 18.5 Å². The molecule has 2 heterocycles. The van der Waals surface area contributed by atoms with E-state index in [4.69, 9.17) is 14.2 Å². The van der Waals surface area contributed by atoms with Crippen LogP contribution >= 0.6 is 0 Å². The van der Waals surface area contributed by atoms with Crippen molar-refractivity contribution in [3.05, 3.63) is 59.3 Å². The predicted molar refractivity (Wildman–Crippen MR) is 117 cm³/mol. The summed E-state index contributed by atoms with van der Waals surface area (Å²) >= 11 is 0. The van der Waals surface area contributed by atoms with E-state index in [0.717, 1.165) is 16.5 Å². The first-order valence-electron chi connectivity index (χ1n) is 10.3. The topological polar surface area (TPSA) is 86.8 Å². The number of esters is 1. The normalized spacial score (nSPS) is 13.5. The maximum absolute atomic E-state index is 13.0. The van der Waals surface area contributed by atoms with Gasteiger partial charge in [0, 0.05) is 17.1 Å². The first kappa shape index (κ1) is 20.7. The van der Waals surface area contributed by atoms with Crippen LogP contribution in [0, 0.1) is 6.92 Å². The second-order valence-electron chi connectivity index (χ2n) is 7.32. The van der Waals surface area contributed by atoms with Gasteiger partial charge in [0.2, 0.25) is 0 Å². The first-order valence-corrected chi connectivity index (χ1v) is 10.3. The molecule has 2 aromatic carbocycles. The highest BCUT2D eigenvalue weighted by Gasteiger charge is 2.24. The number of carbonyl (C=O) groups is 2. The van der Waals surface area contributed by atoms with Gasteiger partial charge in [0.1, 0.15) is 13.2 Å². The molecule has 4 rings (SSSR count). The summed E-state index contributed by atoms with van der Waals surface area (Å²) in [6.07, 6.45) is -0.412. The van der Waals surface area contributed by atoms with Crippen molar-refractivity contribution >= 4 is 28.5 Å². The number of rotatable bonds is 5.